The molecule has 0 bridgehead atoms. The van der Waals surface area contributed by atoms with E-state index in [-0.39, 0.29) is 17.8 Å². The number of rotatable bonds is 2. The molecule has 1 saturated carbocycles. The van der Waals surface area contributed by atoms with Gasteiger partial charge < -0.3 is 5.11 Å². The minimum Gasteiger partial charge on any atom is -0.392 e. The highest BCUT2D eigenvalue weighted by atomic mass is 16.3. The van der Waals surface area contributed by atoms with Crippen LogP contribution >= 0.6 is 0 Å². The molecule has 1 fully saturated rings. The highest BCUT2D eigenvalue weighted by molar-refractivity contribution is 5.81. The van der Waals surface area contributed by atoms with Crippen LogP contribution in [-0.4, -0.2) is 17.0 Å². The summed E-state index contributed by atoms with van der Waals surface area (Å²) in [6, 6.07) is 0. The lowest BCUT2D eigenvalue weighted by Crippen LogP contribution is -2.33. The summed E-state index contributed by atoms with van der Waals surface area (Å²) in [6.07, 6.45) is 2.97. The molecule has 0 aromatic heterocycles. The number of carbonyl (C=O) groups excluding carboxylic acids is 1. The molecule has 70 valence electrons. The third-order valence-corrected chi connectivity index (χ3v) is 2.84. The Morgan fingerprint density at radius 1 is 1.50 bits per heavy atom. The molecule has 2 unspecified atom stereocenters. The van der Waals surface area contributed by atoms with Crippen molar-refractivity contribution in [2.45, 2.75) is 45.6 Å². The van der Waals surface area contributed by atoms with Crippen LogP contribution in [0, 0.1) is 11.8 Å². The third-order valence-electron chi connectivity index (χ3n) is 2.84. The number of ketones is 1. The molecule has 1 N–H and O–H groups in total. The molecule has 3 atom stereocenters. The Morgan fingerprint density at radius 3 is 2.67 bits per heavy atom. The molecule has 0 spiro atoms. The SMILES string of the molecule is CCC(=O)C1CC[C@@H](C)CC1O. The van der Waals surface area contributed by atoms with Crippen LogP contribution in [0.3, 0.4) is 0 Å². The van der Waals surface area contributed by atoms with Crippen molar-refractivity contribution in [3.63, 3.8) is 0 Å². The average Bonchev–Trinajstić information content (AvgIpc) is 2.03. The lowest BCUT2D eigenvalue weighted by Gasteiger charge is -2.30. The first-order valence-electron chi connectivity index (χ1n) is 4.86. The van der Waals surface area contributed by atoms with Crippen molar-refractivity contribution >= 4 is 5.78 Å². The second kappa shape index (κ2) is 4.04. The molecule has 0 heterocycles. The standard InChI is InChI=1S/C10H18O2/c1-3-9(11)8-5-4-7(2)6-10(8)12/h7-8,10,12H,3-6H2,1-2H3/t7-,8?,10?/m1/s1. The van der Waals surface area contributed by atoms with Crippen molar-refractivity contribution in [3.8, 4) is 0 Å². The zero-order chi connectivity index (χ0) is 9.14. The van der Waals surface area contributed by atoms with E-state index in [2.05, 4.69) is 6.92 Å². The molecule has 0 saturated heterocycles. The Hall–Kier alpha value is -0.370. The Kier molecular flexibility index (Phi) is 3.27. The first-order chi connectivity index (χ1) is 5.65. The fourth-order valence-electron chi connectivity index (χ4n) is 1.99. The van der Waals surface area contributed by atoms with E-state index in [0.717, 1.165) is 19.3 Å². The van der Waals surface area contributed by atoms with E-state index in [1.54, 1.807) is 0 Å². The van der Waals surface area contributed by atoms with Gasteiger partial charge in [0.1, 0.15) is 5.78 Å². The van der Waals surface area contributed by atoms with E-state index >= 15 is 0 Å². The topological polar surface area (TPSA) is 37.3 Å². The molecule has 12 heavy (non-hydrogen) atoms. The highest BCUT2D eigenvalue weighted by Crippen LogP contribution is 2.29. The van der Waals surface area contributed by atoms with E-state index in [1.165, 1.54) is 0 Å². The van der Waals surface area contributed by atoms with Crippen molar-refractivity contribution < 1.29 is 9.90 Å². The number of hydrogen-bond donors (Lipinski definition) is 1. The van der Waals surface area contributed by atoms with Gasteiger partial charge in [-0.05, 0) is 25.2 Å². The van der Waals surface area contributed by atoms with Crippen LogP contribution in [0.25, 0.3) is 0 Å². The Morgan fingerprint density at radius 2 is 2.17 bits per heavy atom. The summed E-state index contributed by atoms with van der Waals surface area (Å²) in [5.74, 6) is 0.751. The molecule has 0 aromatic rings. The van der Waals surface area contributed by atoms with E-state index < -0.39 is 0 Å². The van der Waals surface area contributed by atoms with Crippen LogP contribution in [0.1, 0.15) is 39.5 Å². The highest BCUT2D eigenvalue weighted by Gasteiger charge is 2.30. The number of carbonyl (C=O) groups is 1. The molecule has 2 heteroatoms. The zero-order valence-corrected chi connectivity index (χ0v) is 7.92. The molecule has 0 amide bonds. The largest absolute Gasteiger partial charge is 0.392 e. The number of aliphatic hydroxyl groups excluding tert-OH is 1. The minimum absolute atomic E-state index is 0.0637. The van der Waals surface area contributed by atoms with Gasteiger partial charge in [-0.3, -0.25) is 4.79 Å². The van der Waals surface area contributed by atoms with Crippen LogP contribution in [0.15, 0.2) is 0 Å². The van der Waals surface area contributed by atoms with Crippen molar-refractivity contribution in [2.24, 2.45) is 11.8 Å². The van der Waals surface area contributed by atoms with Crippen LogP contribution in [0.2, 0.25) is 0 Å². The summed E-state index contributed by atoms with van der Waals surface area (Å²) in [7, 11) is 0. The predicted octanol–water partition coefficient (Wildman–Crippen LogP) is 1.76. The van der Waals surface area contributed by atoms with Gasteiger partial charge in [0.2, 0.25) is 0 Å². The minimum atomic E-state index is -0.374. The van der Waals surface area contributed by atoms with Crippen LogP contribution < -0.4 is 0 Å². The maximum Gasteiger partial charge on any atom is 0.138 e. The maximum atomic E-state index is 11.3. The molecule has 1 aliphatic carbocycles. The Labute approximate surface area is 74.0 Å². The van der Waals surface area contributed by atoms with Crippen LogP contribution in [-0.2, 0) is 4.79 Å². The summed E-state index contributed by atoms with van der Waals surface area (Å²) in [4.78, 5) is 11.3. The molecular formula is C10H18O2. The van der Waals surface area contributed by atoms with E-state index in [1.807, 2.05) is 6.92 Å². The van der Waals surface area contributed by atoms with Crippen molar-refractivity contribution in [1.82, 2.24) is 0 Å². The summed E-state index contributed by atoms with van der Waals surface area (Å²) >= 11 is 0. The van der Waals surface area contributed by atoms with E-state index in [4.69, 9.17) is 0 Å². The maximum absolute atomic E-state index is 11.3. The van der Waals surface area contributed by atoms with Crippen molar-refractivity contribution in [3.05, 3.63) is 0 Å². The van der Waals surface area contributed by atoms with Crippen LogP contribution in [0.5, 0.6) is 0 Å². The monoisotopic (exact) mass is 170 g/mol. The lowest BCUT2D eigenvalue weighted by molar-refractivity contribution is -0.128. The normalized spacial score (nSPS) is 36.4. The fraction of sp³-hybridized carbons (Fsp3) is 0.900. The van der Waals surface area contributed by atoms with Crippen molar-refractivity contribution in [2.75, 3.05) is 0 Å². The van der Waals surface area contributed by atoms with Gasteiger partial charge in [0.15, 0.2) is 0 Å². The van der Waals surface area contributed by atoms with Gasteiger partial charge in [0.05, 0.1) is 6.10 Å². The molecule has 1 rings (SSSR count). The second-order valence-corrected chi connectivity index (χ2v) is 3.91. The van der Waals surface area contributed by atoms with Gasteiger partial charge in [-0.25, -0.2) is 0 Å². The fourth-order valence-corrected chi connectivity index (χ4v) is 1.99. The van der Waals surface area contributed by atoms with Crippen molar-refractivity contribution in [1.29, 1.82) is 0 Å². The first kappa shape index (κ1) is 9.72. The molecule has 0 aliphatic heterocycles. The number of Topliss-reactive ketones (excluding diaryl/α,β-unsaturated/α-hetero) is 1. The van der Waals surface area contributed by atoms with E-state index in [9.17, 15) is 9.90 Å². The summed E-state index contributed by atoms with van der Waals surface area (Å²) in [5.41, 5.74) is 0. The first-order valence-corrected chi connectivity index (χ1v) is 4.86. The molecule has 1 aliphatic rings. The number of aliphatic hydroxyl groups is 1. The average molecular weight is 170 g/mol. The van der Waals surface area contributed by atoms with Crippen LogP contribution in [0.4, 0.5) is 0 Å². The lowest BCUT2D eigenvalue weighted by atomic mass is 9.78. The van der Waals surface area contributed by atoms with Gasteiger partial charge in [-0.15, -0.1) is 0 Å². The molecule has 0 radical (unpaired) electrons. The summed E-state index contributed by atoms with van der Waals surface area (Å²) in [5, 5.41) is 9.62. The second-order valence-electron chi connectivity index (χ2n) is 3.91. The van der Waals surface area contributed by atoms with Gasteiger partial charge in [0, 0.05) is 12.3 Å². The smallest absolute Gasteiger partial charge is 0.138 e. The zero-order valence-electron chi connectivity index (χ0n) is 7.92. The summed E-state index contributed by atoms with van der Waals surface area (Å²) in [6.45, 7) is 4.00. The van der Waals surface area contributed by atoms with Gasteiger partial charge in [0.25, 0.3) is 0 Å². The number of hydrogen-bond acceptors (Lipinski definition) is 2. The molecular weight excluding hydrogens is 152 g/mol. The van der Waals surface area contributed by atoms with E-state index in [0.29, 0.717) is 12.3 Å². The summed E-state index contributed by atoms with van der Waals surface area (Å²) < 4.78 is 0. The molecule has 2 nitrogen and oxygen atoms in total. The third kappa shape index (κ3) is 2.07. The Bertz CT molecular complexity index is 165. The predicted molar refractivity (Wildman–Crippen MR) is 47.8 cm³/mol. The van der Waals surface area contributed by atoms with Gasteiger partial charge in [-0.1, -0.05) is 13.8 Å². The molecule has 0 aromatic carbocycles. The Balaban J connectivity index is 2.50. The van der Waals surface area contributed by atoms with Gasteiger partial charge in [-0.2, -0.15) is 0 Å². The quantitative estimate of drug-likeness (QED) is 0.685. The van der Waals surface area contributed by atoms with Gasteiger partial charge >= 0.3 is 0 Å².